The summed E-state index contributed by atoms with van der Waals surface area (Å²) in [6.07, 6.45) is 0. The van der Waals surface area contributed by atoms with E-state index in [9.17, 15) is 9.59 Å². The zero-order valence-electron chi connectivity index (χ0n) is 15.7. The largest absolute Gasteiger partial charge is 0.461 e. The van der Waals surface area contributed by atoms with Gasteiger partial charge in [-0.05, 0) is 39.8 Å². The number of hydrogen-bond donors (Lipinski definition) is 3. The number of anilines is 2. The van der Waals surface area contributed by atoms with Gasteiger partial charge in [0.05, 0.1) is 24.5 Å². The van der Waals surface area contributed by atoms with E-state index < -0.39 is 5.97 Å². The highest BCUT2D eigenvalue weighted by atomic mass is 32.1. The van der Waals surface area contributed by atoms with Crippen molar-refractivity contribution in [3.63, 3.8) is 0 Å². The average Bonchev–Trinajstić information content (AvgIpc) is 3.13. The molecule has 0 saturated carbocycles. The number of aromatic amines is 1. The highest BCUT2D eigenvalue weighted by Gasteiger charge is 2.21. The number of hydrogen-bond acceptors (Lipinski definition) is 6. The third-order valence-corrected chi connectivity index (χ3v) is 5.16. The fourth-order valence-electron chi connectivity index (χ4n) is 2.68. The molecule has 0 unspecified atom stereocenters. The van der Waals surface area contributed by atoms with Crippen LogP contribution >= 0.6 is 11.3 Å². The van der Waals surface area contributed by atoms with E-state index in [4.69, 9.17) is 4.74 Å². The minimum Gasteiger partial charge on any atom is -0.461 e. The Morgan fingerprint density at radius 3 is 2.70 bits per heavy atom. The van der Waals surface area contributed by atoms with Crippen molar-refractivity contribution >= 4 is 44.9 Å². The van der Waals surface area contributed by atoms with Crippen LogP contribution in [-0.2, 0) is 9.53 Å². The van der Waals surface area contributed by atoms with Gasteiger partial charge in [-0.1, -0.05) is 11.6 Å². The van der Waals surface area contributed by atoms with E-state index in [2.05, 4.69) is 20.6 Å². The number of aromatic nitrogens is 2. The van der Waals surface area contributed by atoms with E-state index in [1.165, 1.54) is 11.3 Å². The smallest absolute Gasteiger partial charge is 0.356 e. The van der Waals surface area contributed by atoms with Crippen LogP contribution < -0.4 is 10.6 Å². The van der Waals surface area contributed by atoms with Gasteiger partial charge >= 0.3 is 5.97 Å². The summed E-state index contributed by atoms with van der Waals surface area (Å²) in [5.41, 5.74) is 3.41. The number of amides is 1. The fraction of sp³-hybridized carbons (Fsp3) is 0.316. The summed E-state index contributed by atoms with van der Waals surface area (Å²) in [6, 6.07) is 5.74. The Balaban J connectivity index is 1.83. The maximum Gasteiger partial charge on any atom is 0.356 e. The van der Waals surface area contributed by atoms with Crippen LogP contribution in [0.2, 0.25) is 0 Å². The molecule has 2 aromatic heterocycles. The summed E-state index contributed by atoms with van der Waals surface area (Å²) in [6.45, 7) is 7.91. The maximum absolute atomic E-state index is 12.5. The highest BCUT2D eigenvalue weighted by molar-refractivity contribution is 7.15. The van der Waals surface area contributed by atoms with Crippen LogP contribution in [0.4, 0.5) is 10.8 Å². The van der Waals surface area contributed by atoms with Crippen molar-refractivity contribution < 1.29 is 14.3 Å². The summed E-state index contributed by atoms with van der Waals surface area (Å²) in [4.78, 5) is 33.3. The number of benzene rings is 1. The molecule has 142 valence electrons. The van der Waals surface area contributed by atoms with E-state index in [0.29, 0.717) is 10.8 Å². The third kappa shape index (κ3) is 4.11. The van der Waals surface area contributed by atoms with Gasteiger partial charge < -0.3 is 20.4 Å². The number of nitrogens with one attached hydrogen (secondary N) is 3. The molecule has 0 saturated heterocycles. The molecule has 8 heteroatoms. The first-order valence-electron chi connectivity index (χ1n) is 8.66. The van der Waals surface area contributed by atoms with Gasteiger partial charge in [0.2, 0.25) is 5.91 Å². The molecular weight excluding hydrogens is 364 g/mol. The van der Waals surface area contributed by atoms with E-state index in [-0.39, 0.29) is 24.8 Å². The standard InChI is InChI=1S/C19H22N4O3S/c1-5-26-18(25)17-16(13-8-10(2)6-7-14(13)22-17)23-15(24)9-20-19-21-11(3)12(4)27-19/h6-8,22H,5,9H2,1-4H3,(H,20,21)(H,23,24). The lowest BCUT2D eigenvalue weighted by molar-refractivity contribution is -0.114. The van der Waals surface area contributed by atoms with Gasteiger partial charge in [-0.15, -0.1) is 11.3 Å². The number of rotatable bonds is 6. The molecule has 27 heavy (non-hydrogen) atoms. The lowest BCUT2D eigenvalue weighted by Crippen LogP contribution is -2.23. The SMILES string of the molecule is CCOC(=O)c1[nH]c2ccc(C)cc2c1NC(=O)CNc1nc(C)c(C)s1. The summed E-state index contributed by atoms with van der Waals surface area (Å²) in [5.74, 6) is -0.769. The Labute approximate surface area is 161 Å². The van der Waals surface area contributed by atoms with E-state index >= 15 is 0 Å². The summed E-state index contributed by atoms with van der Waals surface area (Å²) in [5, 5.41) is 7.32. The Kier molecular flexibility index (Phi) is 5.46. The third-order valence-electron chi connectivity index (χ3n) is 4.13. The van der Waals surface area contributed by atoms with Gasteiger partial charge in [-0.25, -0.2) is 9.78 Å². The molecule has 0 fully saturated rings. The second-order valence-corrected chi connectivity index (χ2v) is 7.41. The van der Waals surface area contributed by atoms with Gasteiger partial charge in [-0.3, -0.25) is 4.79 Å². The van der Waals surface area contributed by atoms with Gasteiger partial charge in [-0.2, -0.15) is 0 Å². The topological polar surface area (TPSA) is 96.1 Å². The molecule has 3 aromatic rings. The highest BCUT2D eigenvalue weighted by Crippen LogP contribution is 2.29. The molecule has 2 heterocycles. The van der Waals surface area contributed by atoms with Crippen molar-refractivity contribution in [3.8, 4) is 0 Å². The molecule has 7 nitrogen and oxygen atoms in total. The lowest BCUT2D eigenvalue weighted by atomic mass is 10.1. The maximum atomic E-state index is 12.5. The number of fused-ring (bicyclic) bond motifs is 1. The average molecular weight is 386 g/mol. The van der Waals surface area contributed by atoms with Crippen LogP contribution in [0.5, 0.6) is 0 Å². The van der Waals surface area contributed by atoms with Gasteiger partial charge in [0.25, 0.3) is 0 Å². The monoisotopic (exact) mass is 386 g/mol. The molecule has 3 N–H and O–H groups in total. The summed E-state index contributed by atoms with van der Waals surface area (Å²) in [7, 11) is 0. The van der Waals surface area contributed by atoms with Crippen LogP contribution in [0.3, 0.4) is 0 Å². The second kappa shape index (κ2) is 7.79. The normalized spacial score (nSPS) is 10.8. The first kappa shape index (κ1) is 18.9. The molecule has 0 aliphatic heterocycles. The fourth-order valence-corrected chi connectivity index (χ4v) is 3.49. The van der Waals surface area contributed by atoms with Gasteiger partial charge in [0.1, 0.15) is 5.69 Å². The first-order chi connectivity index (χ1) is 12.9. The van der Waals surface area contributed by atoms with Crippen LogP contribution in [0.25, 0.3) is 10.9 Å². The predicted molar refractivity (Wildman–Crippen MR) is 108 cm³/mol. The quantitative estimate of drug-likeness (QED) is 0.560. The van der Waals surface area contributed by atoms with E-state index in [0.717, 1.165) is 27.0 Å². The lowest BCUT2D eigenvalue weighted by Gasteiger charge is -2.08. The molecule has 0 aliphatic carbocycles. The zero-order chi connectivity index (χ0) is 19.6. The number of thiazole rings is 1. The van der Waals surface area contributed by atoms with Crippen molar-refractivity contribution in [2.24, 2.45) is 0 Å². The number of esters is 1. The van der Waals surface area contributed by atoms with Crippen LogP contribution in [0.15, 0.2) is 18.2 Å². The Hall–Kier alpha value is -2.87. The van der Waals surface area contributed by atoms with Crippen molar-refractivity contribution in [1.82, 2.24) is 9.97 Å². The van der Waals surface area contributed by atoms with Crippen LogP contribution in [0, 0.1) is 20.8 Å². The number of H-pyrrole nitrogens is 1. The predicted octanol–water partition coefficient (Wildman–Crippen LogP) is 3.78. The Bertz CT molecular complexity index is 986. The molecule has 1 amide bonds. The summed E-state index contributed by atoms with van der Waals surface area (Å²) < 4.78 is 5.11. The van der Waals surface area contributed by atoms with Gasteiger partial charge in [0, 0.05) is 15.8 Å². The second-order valence-electron chi connectivity index (χ2n) is 6.21. The number of nitrogens with zero attached hydrogens (tertiary/aromatic N) is 1. The number of aryl methyl sites for hydroxylation is 3. The zero-order valence-corrected chi connectivity index (χ0v) is 16.5. The molecule has 0 aliphatic rings. The molecule has 1 aromatic carbocycles. The van der Waals surface area contributed by atoms with Crippen molar-refractivity contribution in [2.45, 2.75) is 27.7 Å². The summed E-state index contributed by atoms with van der Waals surface area (Å²) >= 11 is 1.50. The molecule has 3 rings (SSSR count). The Morgan fingerprint density at radius 2 is 2.04 bits per heavy atom. The van der Waals surface area contributed by atoms with Crippen molar-refractivity contribution in [3.05, 3.63) is 40.0 Å². The molecule has 0 atom stereocenters. The minimum atomic E-state index is -0.499. The van der Waals surface area contributed by atoms with Gasteiger partial charge in [0.15, 0.2) is 5.13 Å². The van der Waals surface area contributed by atoms with Crippen molar-refractivity contribution in [1.29, 1.82) is 0 Å². The number of carbonyl (C=O) groups is 2. The molecule has 0 radical (unpaired) electrons. The minimum absolute atomic E-state index is 0.0488. The van der Waals surface area contributed by atoms with Crippen LogP contribution in [-0.4, -0.2) is 35.0 Å². The van der Waals surface area contributed by atoms with Crippen molar-refractivity contribution in [2.75, 3.05) is 23.8 Å². The number of carbonyl (C=O) groups excluding carboxylic acids is 2. The van der Waals surface area contributed by atoms with E-state index in [1.54, 1.807) is 6.92 Å². The Morgan fingerprint density at radius 1 is 1.26 bits per heavy atom. The number of ether oxygens (including phenoxy) is 1. The molecule has 0 spiro atoms. The van der Waals surface area contributed by atoms with Crippen LogP contribution in [0.1, 0.15) is 33.5 Å². The van der Waals surface area contributed by atoms with E-state index in [1.807, 2.05) is 39.0 Å². The molecule has 0 bridgehead atoms. The first-order valence-corrected chi connectivity index (χ1v) is 9.48. The molecular formula is C19H22N4O3S.